The van der Waals surface area contributed by atoms with Crippen LogP contribution in [0.25, 0.3) is 10.9 Å². The van der Waals surface area contributed by atoms with Gasteiger partial charge in [0.05, 0.1) is 13.0 Å². The fourth-order valence-electron chi connectivity index (χ4n) is 4.19. The molecular formula is C21H27N3O3. The lowest BCUT2D eigenvalue weighted by Crippen LogP contribution is -2.55. The van der Waals surface area contributed by atoms with Crippen molar-refractivity contribution in [1.29, 1.82) is 0 Å². The summed E-state index contributed by atoms with van der Waals surface area (Å²) in [6, 6.07) is 6.53. The Kier molecular flexibility index (Phi) is 4.91. The van der Waals surface area contributed by atoms with Crippen LogP contribution in [-0.2, 0) is 16.0 Å². The number of H-pyrrole nitrogens is 1. The third-order valence-corrected chi connectivity index (χ3v) is 5.87. The topological polar surface area (TPSA) is 85.4 Å². The molecule has 0 unspecified atom stereocenters. The summed E-state index contributed by atoms with van der Waals surface area (Å²) >= 11 is 0. The fraction of sp³-hybridized carbons (Fsp3) is 0.524. The molecule has 6 heteroatoms. The monoisotopic (exact) mass is 369 g/mol. The van der Waals surface area contributed by atoms with Crippen molar-refractivity contribution < 1.29 is 14.7 Å². The Balaban J connectivity index is 1.30. The molecule has 4 rings (SSSR count). The van der Waals surface area contributed by atoms with E-state index in [1.165, 1.54) is 18.4 Å². The maximum absolute atomic E-state index is 12.5. The minimum Gasteiger partial charge on any atom is -0.480 e. The van der Waals surface area contributed by atoms with Crippen molar-refractivity contribution >= 4 is 22.8 Å². The highest BCUT2D eigenvalue weighted by Gasteiger charge is 2.37. The molecule has 2 saturated carbocycles. The van der Waals surface area contributed by atoms with Gasteiger partial charge < -0.3 is 15.4 Å². The molecule has 27 heavy (non-hydrogen) atoms. The molecule has 0 atom stereocenters. The molecule has 6 nitrogen and oxygen atoms in total. The quantitative estimate of drug-likeness (QED) is 0.667. The van der Waals surface area contributed by atoms with Gasteiger partial charge in [-0.15, -0.1) is 0 Å². The molecule has 1 heterocycles. The van der Waals surface area contributed by atoms with Crippen LogP contribution in [0, 0.1) is 12.8 Å². The lowest BCUT2D eigenvalue weighted by molar-refractivity contribution is -0.140. The van der Waals surface area contributed by atoms with Gasteiger partial charge in [-0.05, 0) is 55.7 Å². The summed E-state index contributed by atoms with van der Waals surface area (Å²) in [7, 11) is 0. The number of carbonyl (C=O) groups excluding carboxylic acids is 1. The van der Waals surface area contributed by atoms with Crippen LogP contribution in [0.4, 0.5) is 0 Å². The van der Waals surface area contributed by atoms with Gasteiger partial charge >= 0.3 is 5.97 Å². The number of rotatable bonds is 8. The van der Waals surface area contributed by atoms with Gasteiger partial charge in [-0.3, -0.25) is 14.5 Å². The van der Waals surface area contributed by atoms with E-state index >= 15 is 0 Å². The van der Waals surface area contributed by atoms with Crippen LogP contribution >= 0.6 is 0 Å². The molecule has 2 aliphatic rings. The molecule has 2 fully saturated rings. The van der Waals surface area contributed by atoms with Crippen molar-refractivity contribution in [3.63, 3.8) is 0 Å². The molecular weight excluding hydrogens is 342 g/mol. The minimum atomic E-state index is -0.766. The van der Waals surface area contributed by atoms with Crippen molar-refractivity contribution in [2.24, 2.45) is 5.92 Å². The standard InChI is InChI=1S/C21H27N3O3/c1-13-3-2-4-18-21(13)15(10-22-18)7-19(25)23-16-8-17(9-16)24(12-20(26)27)11-14-5-6-14/h2-4,10,14,16-17,22H,5-9,11-12H2,1H3,(H,23,25)(H,26,27). The normalized spacial score (nSPS) is 22.0. The zero-order chi connectivity index (χ0) is 19.0. The fourth-order valence-corrected chi connectivity index (χ4v) is 4.19. The number of carbonyl (C=O) groups is 2. The summed E-state index contributed by atoms with van der Waals surface area (Å²) in [6.07, 6.45) is 6.41. The zero-order valence-electron chi connectivity index (χ0n) is 15.7. The van der Waals surface area contributed by atoms with Gasteiger partial charge in [0, 0.05) is 35.7 Å². The van der Waals surface area contributed by atoms with E-state index in [0.29, 0.717) is 12.3 Å². The average molecular weight is 369 g/mol. The number of aromatic nitrogens is 1. The van der Waals surface area contributed by atoms with Crippen LogP contribution in [0.3, 0.4) is 0 Å². The summed E-state index contributed by atoms with van der Waals surface area (Å²) in [6.45, 7) is 3.05. The van der Waals surface area contributed by atoms with Crippen LogP contribution in [0.2, 0.25) is 0 Å². The first-order valence-electron chi connectivity index (χ1n) is 9.80. The van der Waals surface area contributed by atoms with Crippen molar-refractivity contribution in [3.05, 3.63) is 35.5 Å². The number of hydrogen-bond acceptors (Lipinski definition) is 3. The number of carboxylic acids is 1. The second-order valence-electron chi connectivity index (χ2n) is 8.14. The summed E-state index contributed by atoms with van der Waals surface area (Å²) in [5.41, 5.74) is 3.26. The van der Waals surface area contributed by atoms with Gasteiger partial charge in [-0.25, -0.2) is 0 Å². The average Bonchev–Trinajstić information content (AvgIpc) is 3.29. The third kappa shape index (κ3) is 4.16. The van der Waals surface area contributed by atoms with E-state index in [1.807, 2.05) is 18.3 Å². The SMILES string of the molecule is Cc1cccc2[nH]cc(CC(=O)NC3CC(N(CC(=O)O)CC4CC4)C3)c12. The van der Waals surface area contributed by atoms with Gasteiger partial charge in [0.2, 0.25) is 5.91 Å². The first-order valence-corrected chi connectivity index (χ1v) is 9.80. The molecule has 0 radical (unpaired) electrons. The van der Waals surface area contributed by atoms with Gasteiger partial charge in [-0.2, -0.15) is 0 Å². The van der Waals surface area contributed by atoms with E-state index in [2.05, 4.69) is 28.2 Å². The van der Waals surface area contributed by atoms with Crippen LogP contribution in [0.5, 0.6) is 0 Å². The van der Waals surface area contributed by atoms with Crippen molar-refractivity contribution in [3.8, 4) is 0 Å². The number of nitrogens with zero attached hydrogens (tertiary/aromatic N) is 1. The first kappa shape index (κ1) is 18.0. The number of amides is 1. The smallest absolute Gasteiger partial charge is 0.317 e. The molecule has 2 aromatic rings. The predicted octanol–water partition coefficient (Wildman–Crippen LogP) is 2.46. The molecule has 0 saturated heterocycles. The number of hydrogen-bond donors (Lipinski definition) is 3. The Morgan fingerprint density at radius 2 is 2.07 bits per heavy atom. The van der Waals surface area contributed by atoms with Gasteiger partial charge in [-0.1, -0.05) is 12.1 Å². The Labute approximate surface area is 158 Å². The predicted molar refractivity (Wildman–Crippen MR) is 104 cm³/mol. The van der Waals surface area contributed by atoms with Crippen LogP contribution in [0.1, 0.15) is 36.8 Å². The van der Waals surface area contributed by atoms with E-state index < -0.39 is 5.97 Å². The summed E-state index contributed by atoms with van der Waals surface area (Å²) in [5.74, 6) is -0.0597. The van der Waals surface area contributed by atoms with Crippen molar-refractivity contribution in [1.82, 2.24) is 15.2 Å². The van der Waals surface area contributed by atoms with E-state index in [9.17, 15) is 9.59 Å². The molecule has 3 N–H and O–H groups in total. The molecule has 1 aromatic heterocycles. The van der Waals surface area contributed by atoms with Crippen molar-refractivity contribution in [2.45, 2.75) is 51.1 Å². The molecule has 0 spiro atoms. The molecule has 0 aliphatic heterocycles. The van der Waals surface area contributed by atoms with Crippen molar-refractivity contribution in [2.75, 3.05) is 13.1 Å². The number of aromatic amines is 1. The van der Waals surface area contributed by atoms with E-state index in [1.54, 1.807) is 0 Å². The largest absolute Gasteiger partial charge is 0.480 e. The van der Waals surface area contributed by atoms with Crippen LogP contribution in [0.15, 0.2) is 24.4 Å². The first-order chi connectivity index (χ1) is 13.0. The Hall–Kier alpha value is -2.34. The van der Waals surface area contributed by atoms with Gasteiger partial charge in [0.15, 0.2) is 0 Å². The summed E-state index contributed by atoms with van der Waals surface area (Å²) in [5, 5.41) is 13.4. The number of carboxylic acid groups (broad SMARTS) is 1. The highest BCUT2D eigenvalue weighted by molar-refractivity contribution is 5.91. The lowest BCUT2D eigenvalue weighted by atomic mass is 9.85. The number of fused-ring (bicyclic) bond motifs is 1. The molecule has 0 bridgehead atoms. The highest BCUT2D eigenvalue weighted by Crippen LogP contribution is 2.33. The number of nitrogens with one attached hydrogen (secondary N) is 2. The number of benzene rings is 1. The van der Waals surface area contributed by atoms with Gasteiger partial charge in [0.1, 0.15) is 0 Å². The number of aryl methyl sites for hydroxylation is 1. The molecule has 2 aliphatic carbocycles. The maximum Gasteiger partial charge on any atom is 0.317 e. The second kappa shape index (κ2) is 7.35. The lowest BCUT2D eigenvalue weighted by Gasteiger charge is -2.42. The van der Waals surface area contributed by atoms with E-state index in [0.717, 1.165) is 35.9 Å². The Morgan fingerprint density at radius 3 is 2.78 bits per heavy atom. The molecule has 1 aromatic carbocycles. The minimum absolute atomic E-state index is 0.0366. The van der Waals surface area contributed by atoms with E-state index in [4.69, 9.17) is 5.11 Å². The Morgan fingerprint density at radius 1 is 1.30 bits per heavy atom. The van der Waals surface area contributed by atoms with Crippen LogP contribution in [-0.4, -0.2) is 52.0 Å². The highest BCUT2D eigenvalue weighted by atomic mass is 16.4. The Bertz CT molecular complexity index is 849. The third-order valence-electron chi connectivity index (χ3n) is 5.87. The maximum atomic E-state index is 12.5. The van der Waals surface area contributed by atoms with Crippen LogP contribution < -0.4 is 5.32 Å². The van der Waals surface area contributed by atoms with E-state index in [-0.39, 0.29) is 24.5 Å². The molecule has 144 valence electrons. The summed E-state index contributed by atoms with van der Waals surface area (Å²) in [4.78, 5) is 28.9. The number of aliphatic carboxylic acids is 1. The summed E-state index contributed by atoms with van der Waals surface area (Å²) < 4.78 is 0. The molecule has 1 amide bonds. The zero-order valence-corrected chi connectivity index (χ0v) is 15.7. The second-order valence-corrected chi connectivity index (χ2v) is 8.14. The van der Waals surface area contributed by atoms with Gasteiger partial charge in [0.25, 0.3) is 0 Å².